The summed E-state index contributed by atoms with van der Waals surface area (Å²) < 4.78 is 0. The fourth-order valence-electron chi connectivity index (χ4n) is 1.83. The standard InChI is InChI=1S/C13H17N3/c1-9-5-6-11-10(2)15-13(4-3-7-14)16-12(11)8-9/h5-6,8H,3-4,7,14H2,1-2H3. The van der Waals surface area contributed by atoms with E-state index in [9.17, 15) is 0 Å². The Balaban J connectivity index is 2.47. The molecule has 0 aliphatic rings. The van der Waals surface area contributed by atoms with Crippen LogP contribution in [0.5, 0.6) is 0 Å². The number of benzene rings is 1. The van der Waals surface area contributed by atoms with Crippen molar-refractivity contribution in [3.05, 3.63) is 35.3 Å². The Bertz CT molecular complexity index is 506. The summed E-state index contributed by atoms with van der Waals surface area (Å²) in [5.74, 6) is 0.904. The minimum Gasteiger partial charge on any atom is -0.330 e. The van der Waals surface area contributed by atoms with Gasteiger partial charge in [-0.2, -0.15) is 0 Å². The highest BCUT2D eigenvalue weighted by Gasteiger charge is 2.04. The van der Waals surface area contributed by atoms with Gasteiger partial charge in [0.2, 0.25) is 0 Å². The molecule has 0 aliphatic heterocycles. The van der Waals surface area contributed by atoms with Crippen LogP contribution in [-0.4, -0.2) is 16.5 Å². The molecule has 0 aliphatic carbocycles. The molecule has 0 atom stereocenters. The monoisotopic (exact) mass is 215 g/mol. The molecule has 1 aromatic carbocycles. The molecule has 0 saturated heterocycles. The topological polar surface area (TPSA) is 51.8 Å². The summed E-state index contributed by atoms with van der Waals surface area (Å²) >= 11 is 0. The predicted octanol–water partition coefficient (Wildman–Crippen LogP) is 2.14. The van der Waals surface area contributed by atoms with Crippen LogP contribution in [0.4, 0.5) is 0 Å². The molecule has 0 bridgehead atoms. The quantitative estimate of drug-likeness (QED) is 0.853. The van der Waals surface area contributed by atoms with Crippen LogP contribution >= 0.6 is 0 Å². The first-order chi connectivity index (χ1) is 7.70. The second kappa shape index (κ2) is 4.58. The number of fused-ring (bicyclic) bond motifs is 1. The Morgan fingerprint density at radius 1 is 1.19 bits per heavy atom. The fourth-order valence-corrected chi connectivity index (χ4v) is 1.83. The molecule has 0 radical (unpaired) electrons. The van der Waals surface area contributed by atoms with Gasteiger partial charge in [0.1, 0.15) is 5.82 Å². The van der Waals surface area contributed by atoms with Gasteiger partial charge in [-0.25, -0.2) is 9.97 Å². The lowest BCUT2D eigenvalue weighted by molar-refractivity contribution is 0.782. The molecule has 3 nitrogen and oxygen atoms in total. The summed E-state index contributed by atoms with van der Waals surface area (Å²) in [5.41, 5.74) is 8.82. The van der Waals surface area contributed by atoms with Gasteiger partial charge in [-0.15, -0.1) is 0 Å². The molecular formula is C13H17N3. The maximum absolute atomic E-state index is 5.50. The van der Waals surface area contributed by atoms with Gasteiger partial charge in [-0.3, -0.25) is 0 Å². The van der Waals surface area contributed by atoms with Crippen molar-refractivity contribution in [2.45, 2.75) is 26.7 Å². The number of nitrogens with zero attached hydrogens (tertiary/aromatic N) is 2. The first kappa shape index (κ1) is 11.0. The minimum atomic E-state index is 0.689. The highest BCUT2D eigenvalue weighted by atomic mass is 14.9. The van der Waals surface area contributed by atoms with Gasteiger partial charge in [0.15, 0.2) is 0 Å². The first-order valence-corrected chi connectivity index (χ1v) is 5.64. The third-order valence-electron chi connectivity index (χ3n) is 2.69. The lowest BCUT2D eigenvalue weighted by Gasteiger charge is -2.05. The van der Waals surface area contributed by atoms with Gasteiger partial charge in [-0.05, 0) is 38.4 Å². The number of hydrogen-bond acceptors (Lipinski definition) is 3. The zero-order valence-electron chi connectivity index (χ0n) is 9.83. The predicted molar refractivity (Wildman–Crippen MR) is 66.4 cm³/mol. The van der Waals surface area contributed by atoms with Gasteiger partial charge < -0.3 is 5.73 Å². The van der Waals surface area contributed by atoms with E-state index in [1.165, 1.54) is 5.56 Å². The second-order valence-electron chi connectivity index (χ2n) is 4.14. The molecule has 0 spiro atoms. The van der Waals surface area contributed by atoms with Gasteiger partial charge >= 0.3 is 0 Å². The summed E-state index contributed by atoms with van der Waals surface area (Å²) in [5, 5.41) is 1.14. The molecular weight excluding hydrogens is 198 g/mol. The number of aromatic nitrogens is 2. The molecule has 2 aromatic rings. The Hall–Kier alpha value is -1.48. The maximum Gasteiger partial charge on any atom is 0.129 e. The lowest BCUT2D eigenvalue weighted by Crippen LogP contribution is -2.04. The van der Waals surface area contributed by atoms with Gasteiger partial charge in [-0.1, -0.05) is 12.1 Å². The van der Waals surface area contributed by atoms with E-state index >= 15 is 0 Å². The van der Waals surface area contributed by atoms with Crippen molar-refractivity contribution < 1.29 is 0 Å². The molecule has 1 heterocycles. The molecule has 0 fully saturated rings. The van der Waals surface area contributed by atoms with Crippen LogP contribution in [-0.2, 0) is 6.42 Å². The van der Waals surface area contributed by atoms with Crippen molar-refractivity contribution in [3.63, 3.8) is 0 Å². The third kappa shape index (κ3) is 2.19. The molecule has 16 heavy (non-hydrogen) atoms. The van der Waals surface area contributed by atoms with Gasteiger partial charge in [0.25, 0.3) is 0 Å². The van der Waals surface area contributed by atoms with E-state index < -0.39 is 0 Å². The van der Waals surface area contributed by atoms with Gasteiger partial charge in [0, 0.05) is 17.5 Å². The smallest absolute Gasteiger partial charge is 0.129 e. The SMILES string of the molecule is Cc1ccc2c(C)nc(CCCN)nc2c1. The average molecular weight is 215 g/mol. The largest absolute Gasteiger partial charge is 0.330 e. The molecule has 2 N–H and O–H groups in total. The maximum atomic E-state index is 5.50. The van der Waals surface area contributed by atoms with E-state index in [-0.39, 0.29) is 0 Å². The van der Waals surface area contributed by atoms with Crippen molar-refractivity contribution in [1.29, 1.82) is 0 Å². The molecule has 3 heteroatoms. The average Bonchev–Trinajstić information content (AvgIpc) is 2.25. The van der Waals surface area contributed by atoms with Crippen molar-refractivity contribution in [2.24, 2.45) is 5.73 Å². The van der Waals surface area contributed by atoms with E-state index in [1.807, 2.05) is 6.92 Å². The zero-order chi connectivity index (χ0) is 11.5. The Morgan fingerprint density at radius 2 is 2.00 bits per heavy atom. The Kier molecular flexibility index (Phi) is 3.15. The van der Waals surface area contributed by atoms with Crippen LogP contribution in [0.3, 0.4) is 0 Å². The normalized spacial score (nSPS) is 10.9. The highest BCUT2D eigenvalue weighted by Crippen LogP contribution is 2.17. The van der Waals surface area contributed by atoms with Crippen molar-refractivity contribution in [2.75, 3.05) is 6.54 Å². The number of aryl methyl sites for hydroxylation is 3. The Labute approximate surface area is 95.7 Å². The zero-order valence-corrected chi connectivity index (χ0v) is 9.83. The Morgan fingerprint density at radius 3 is 2.75 bits per heavy atom. The summed E-state index contributed by atoms with van der Waals surface area (Å²) in [6, 6.07) is 6.29. The van der Waals surface area contributed by atoms with Crippen LogP contribution in [0.2, 0.25) is 0 Å². The van der Waals surface area contributed by atoms with Gasteiger partial charge in [0.05, 0.1) is 5.52 Å². The lowest BCUT2D eigenvalue weighted by atomic mass is 10.1. The van der Waals surface area contributed by atoms with Crippen molar-refractivity contribution >= 4 is 10.9 Å². The molecule has 0 amide bonds. The number of rotatable bonds is 3. The van der Waals surface area contributed by atoms with Crippen LogP contribution in [0.25, 0.3) is 10.9 Å². The summed E-state index contributed by atoms with van der Waals surface area (Å²) in [6.45, 7) is 4.80. The summed E-state index contributed by atoms with van der Waals surface area (Å²) in [4.78, 5) is 9.07. The summed E-state index contributed by atoms with van der Waals surface area (Å²) in [7, 11) is 0. The second-order valence-corrected chi connectivity index (χ2v) is 4.14. The van der Waals surface area contributed by atoms with E-state index in [0.717, 1.165) is 35.3 Å². The number of hydrogen-bond donors (Lipinski definition) is 1. The first-order valence-electron chi connectivity index (χ1n) is 5.64. The van der Waals surface area contributed by atoms with E-state index in [2.05, 4.69) is 35.1 Å². The van der Waals surface area contributed by atoms with E-state index in [0.29, 0.717) is 6.54 Å². The highest BCUT2D eigenvalue weighted by molar-refractivity contribution is 5.81. The van der Waals surface area contributed by atoms with Crippen LogP contribution in [0.15, 0.2) is 18.2 Å². The molecule has 0 unspecified atom stereocenters. The third-order valence-corrected chi connectivity index (χ3v) is 2.69. The minimum absolute atomic E-state index is 0.689. The molecule has 2 rings (SSSR count). The number of nitrogens with two attached hydrogens (primary N) is 1. The van der Waals surface area contributed by atoms with E-state index in [4.69, 9.17) is 5.73 Å². The van der Waals surface area contributed by atoms with Crippen LogP contribution < -0.4 is 5.73 Å². The van der Waals surface area contributed by atoms with Crippen molar-refractivity contribution in [1.82, 2.24) is 9.97 Å². The van der Waals surface area contributed by atoms with E-state index in [1.54, 1.807) is 0 Å². The summed E-state index contributed by atoms with van der Waals surface area (Å²) in [6.07, 6.45) is 1.80. The van der Waals surface area contributed by atoms with Crippen molar-refractivity contribution in [3.8, 4) is 0 Å². The fraction of sp³-hybridized carbons (Fsp3) is 0.385. The molecule has 0 saturated carbocycles. The molecule has 1 aromatic heterocycles. The molecule has 84 valence electrons. The van der Waals surface area contributed by atoms with Crippen LogP contribution in [0, 0.1) is 13.8 Å². The van der Waals surface area contributed by atoms with Crippen LogP contribution in [0.1, 0.15) is 23.5 Å².